The van der Waals surface area contributed by atoms with Crippen LogP contribution in [0.25, 0.3) is 0 Å². The number of methoxy groups -OCH3 is 2. The van der Waals surface area contributed by atoms with E-state index >= 15 is 0 Å². The molecule has 11 heavy (non-hydrogen) atoms. The third-order valence-electron chi connectivity index (χ3n) is 1.68. The fraction of sp³-hybridized carbons (Fsp3) is 0.857. The number of rotatable bonds is 3. The summed E-state index contributed by atoms with van der Waals surface area (Å²) in [5.41, 5.74) is 0. The largest absolute Gasteiger partial charge is 0.457 e. The molecular formula is C7H12O4. The molecule has 1 fully saturated rings. The first-order valence-electron chi connectivity index (χ1n) is 3.53. The monoisotopic (exact) mass is 160 g/mol. The van der Waals surface area contributed by atoms with Crippen molar-refractivity contribution in [3.8, 4) is 0 Å². The Kier molecular flexibility index (Phi) is 2.84. The molecule has 0 unspecified atom stereocenters. The Morgan fingerprint density at radius 1 is 1.55 bits per heavy atom. The van der Waals surface area contributed by atoms with Crippen LogP contribution in [0.1, 0.15) is 12.8 Å². The highest BCUT2D eigenvalue weighted by Gasteiger charge is 2.30. The van der Waals surface area contributed by atoms with Gasteiger partial charge in [0, 0.05) is 20.6 Å². The van der Waals surface area contributed by atoms with E-state index in [9.17, 15) is 4.79 Å². The van der Waals surface area contributed by atoms with Crippen LogP contribution < -0.4 is 0 Å². The average Bonchev–Trinajstić information content (AvgIpc) is 2.39. The fourth-order valence-corrected chi connectivity index (χ4v) is 1.14. The van der Waals surface area contributed by atoms with Crippen LogP contribution in [0.15, 0.2) is 0 Å². The molecule has 0 N–H and O–H groups in total. The first kappa shape index (κ1) is 8.49. The zero-order valence-electron chi connectivity index (χ0n) is 6.70. The predicted molar refractivity (Wildman–Crippen MR) is 36.9 cm³/mol. The Morgan fingerprint density at radius 3 is 2.55 bits per heavy atom. The van der Waals surface area contributed by atoms with Crippen molar-refractivity contribution in [2.75, 3.05) is 14.2 Å². The molecule has 1 atom stereocenters. The van der Waals surface area contributed by atoms with Gasteiger partial charge in [-0.25, -0.2) is 0 Å². The highest BCUT2D eigenvalue weighted by Crippen LogP contribution is 2.18. The molecule has 1 saturated heterocycles. The molecular weight excluding hydrogens is 148 g/mol. The highest BCUT2D eigenvalue weighted by molar-refractivity contribution is 5.71. The van der Waals surface area contributed by atoms with Gasteiger partial charge in [0.2, 0.25) is 0 Å². The summed E-state index contributed by atoms with van der Waals surface area (Å²) in [6.07, 6.45) is 0.512. The van der Waals surface area contributed by atoms with E-state index in [0.717, 1.165) is 0 Å². The van der Waals surface area contributed by atoms with Crippen molar-refractivity contribution in [1.82, 2.24) is 0 Å². The van der Waals surface area contributed by atoms with Crippen LogP contribution in [0.4, 0.5) is 0 Å². The van der Waals surface area contributed by atoms with Crippen molar-refractivity contribution in [1.29, 1.82) is 0 Å². The molecule has 4 heteroatoms. The number of carbonyl (C=O) groups is 1. The Morgan fingerprint density at radius 2 is 2.18 bits per heavy atom. The topological polar surface area (TPSA) is 44.8 Å². The number of cyclic esters (lactones) is 1. The molecule has 0 radical (unpaired) electrons. The van der Waals surface area contributed by atoms with Crippen molar-refractivity contribution >= 4 is 5.97 Å². The number of hydrogen-bond donors (Lipinski definition) is 0. The fourth-order valence-electron chi connectivity index (χ4n) is 1.14. The standard InChI is InChI=1S/C7H12O4/c1-9-7(10-2)5-3-4-6(8)11-5/h5,7H,3-4H2,1-2H3/t5-/m0/s1. The summed E-state index contributed by atoms with van der Waals surface area (Å²) in [5.74, 6) is -0.172. The number of carbonyl (C=O) groups excluding carboxylic acids is 1. The number of esters is 1. The maximum Gasteiger partial charge on any atom is 0.306 e. The third-order valence-corrected chi connectivity index (χ3v) is 1.68. The van der Waals surface area contributed by atoms with E-state index in [1.807, 2.05) is 0 Å². The van der Waals surface area contributed by atoms with E-state index in [1.54, 1.807) is 0 Å². The third kappa shape index (κ3) is 1.91. The maximum absolute atomic E-state index is 10.7. The number of ether oxygens (including phenoxy) is 3. The molecule has 1 aliphatic rings. The van der Waals surface area contributed by atoms with E-state index in [1.165, 1.54) is 14.2 Å². The van der Waals surface area contributed by atoms with Gasteiger partial charge in [-0.05, 0) is 6.42 Å². The summed E-state index contributed by atoms with van der Waals surface area (Å²) >= 11 is 0. The summed E-state index contributed by atoms with van der Waals surface area (Å²) < 4.78 is 14.8. The summed E-state index contributed by atoms with van der Waals surface area (Å²) in [6, 6.07) is 0. The van der Waals surface area contributed by atoms with Gasteiger partial charge in [-0.15, -0.1) is 0 Å². The van der Waals surface area contributed by atoms with Crippen LogP contribution in [0, 0.1) is 0 Å². The minimum atomic E-state index is -0.415. The van der Waals surface area contributed by atoms with E-state index in [0.29, 0.717) is 12.8 Å². The lowest BCUT2D eigenvalue weighted by Crippen LogP contribution is -2.29. The predicted octanol–water partition coefficient (Wildman–Crippen LogP) is 0.311. The zero-order chi connectivity index (χ0) is 8.27. The van der Waals surface area contributed by atoms with E-state index in [2.05, 4.69) is 0 Å². The van der Waals surface area contributed by atoms with Crippen LogP contribution in [0.2, 0.25) is 0 Å². The molecule has 0 bridgehead atoms. The summed E-state index contributed by atoms with van der Waals surface area (Å²) in [5, 5.41) is 0. The molecule has 0 aromatic heterocycles. The Bertz CT molecular complexity index is 141. The quantitative estimate of drug-likeness (QED) is 0.440. The highest BCUT2D eigenvalue weighted by atomic mass is 16.7. The molecule has 1 rings (SSSR count). The van der Waals surface area contributed by atoms with Crippen LogP contribution in [-0.2, 0) is 19.0 Å². The summed E-state index contributed by atoms with van der Waals surface area (Å²) in [6.45, 7) is 0. The Balaban J connectivity index is 2.40. The lowest BCUT2D eigenvalue weighted by Gasteiger charge is -2.18. The first-order valence-corrected chi connectivity index (χ1v) is 3.53. The van der Waals surface area contributed by atoms with Gasteiger partial charge >= 0.3 is 5.97 Å². The van der Waals surface area contributed by atoms with Gasteiger partial charge < -0.3 is 14.2 Å². The molecule has 4 nitrogen and oxygen atoms in total. The average molecular weight is 160 g/mol. The Hall–Kier alpha value is -0.610. The lowest BCUT2D eigenvalue weighted by atomic mass is 10.2. The second-order valence-electron chi connectivity index (χ2n) is 2.41. The lowest BCUT2D eigenvalue weighted by molar-refractivity contribution is -0.178. The molecule has 0 saturated carbocycles. The van der Waals surface area contributed by atoms with Gasteiger partial charge in [0.15, 0.2) is 12.4 Å². The van der Waals surface area contributed by atoms with Gasteiger partial charge in [0.1, 0.15) is 0 Å². The van der Waals surface area contributed by atoms with Crippen molar-refractivity contribution in [2.45, 2.75) is 25.2 Å². The van der Waals surface area contributed by atoms with Crippen molar-refractivity contribution in [3.63, 3.8) is 0 Å². The minimum Gasteiger partial charge on any atom is -0.457 e. The second-order valence-corrected chi connectivity index (χ2v) is 2.41. The molecule has 0 spiro atoms. The molecule has 64 valence electrons. The Labute approximate surface area is 65.4 Å². The van der Waals surface area contributed by atoms with E-state index in [4.69, 9.17) is 14.2 Å². The minimum absolute atomic E-state index is 0.172. The van der Waals surface area contributed by atoms with E-state index < -0.39 is 6.29 Å². The summed E-state index contributed by atoms with van der Waals surface area (Å²) in [7, 11) is 3.06. The van der Waals surface area contributed by atoms with Crippen LogP contribution in [0.3, 0.4) is 0 Å². The van der Waals surface area contributed by atoms with Gasteiger partial charge in [-0.3, -0.25) is 4.79 Å². The smallest absolute Gasteiger partial charge is 0.306 e. The maximum atomic E-state index is 10.7. The molecule has 1 aliphatic heterocycles. The molecule has 0 aliphatic carbocycles. The van der Waals surface area contributed by atoms with Gasteiger partial charge in [-0.2, -0.15) is 0 Å². The van der Waals surface area contributed by atoms with Crippen LogP contribution in [0.5, 0.6) is 0 Å². The van der Waals surface area contributed by atoms with Gasteiger partial charge in [-0.1, -0.05) is 0 Å². The van der Waals surface area contributed by atoms with E-state index in [-0.39, 0.29) is 12.1 Å². The zero-order valence-corrected chi connectivity index (χ0v) is 6.70. The molecule has 1 heterocycles. The molecule has 0 amide bonds. The van der Waals surface area contributed by atoms with Gasteiger partial charge in [0.25, 0.3) is 0 Å². The van der Waals surface area contributed by atoms with Crippen molar-refractivity contribution < 1.29 is 19.0 Å². The number of hydrogen-bond acceptors (Lipinski definition) is 4. The molecule has 0 aromatic carbocycles. The first-order chi connectivity index (χ1) is 5.27. The summed E-state index contributed by atoms with van der Waals surface area (Å²) in [4.78, 5) is 10.7. The normalized spacial score (nSPS) is 24.3. The molecule has 0 aromatic rings. The second kappa shape index (κ2) is 3.69. The van der Waals surface area contributed by atoms with Crippen molar-refractivity contribution in [3.05, 3.63) is 0 Å². The SMILES string of the molecule is COC(OC)[C@@H]1CCC(=O)O1. The van der Waals surface area contributed by atoms with Crippen molar-refractivity contribution in [2.24, 2.45) is 0 Å². The van der Waals surface area contributed by atoms with Crippen LogP contribution in [-0.4, -0.2) is 32.6 Å². The van der Waals surface area contributed by atoms with Gasteiger partial charge in [0.05, 0.1) is 0 Å². The van der Waals surface area contributed by atoms with Crippen LogP contribution >= 0.6 is 0 Å².